The third-order valence-electron chi connectivity index (χ3n) is 3.12. The van der Waals surface area contributed by atoms with E-state index < -0.39 is 6.10 Å². The summed E-state index contributed by atoms with van der Waals surface area (Å²) in [7, 11) is 1.62. The minimum atomic E-state index is -0.562. The second-order valence-electron chi connectivity index (χ2n) is 4.59. The zero-order valence-electron chi connectivity index (χ0n) is 11.1. The van der Waals surface area contributed by atoms with Gasteiger partial charge in [-0.3, -0.25) is 0 Å². The smallest absolute Gasteiger partial charge is 0.122 e. The summed E-state index contributed by atoms with van der Waals surface area (Å²) in [5.41, 5.74) is 2.98. The van der Waals surface area contributed by atoms with Crippen LogP contribution in [0.4, 0.5) is 0 Å². The predicted molar refractivity (Wildman–Crippen MR) is 77.8 cm³/mol. The minimum absolute atomic E-state index is 0.479. The Bertz CT molecular complexity index is 549. The number of ether oxygens (including phenoxy) is 1. The lowest BCUT2D eigenvalue weighted by molar-refractivity contribution is 0.177. The molecule has 2 nitrogen and oxygen atoms in total. The zero-order chi connectivity index (χ0) is 13.8. The molecule has 3 heteroatoms. The van der Waals surface area contributed by atoms with Crippen molar-refractivity contribution in [2.45, 2.75) is 19.4 Å². The van der Waals surface area contributed by atoms with E-state index >= 15 is 0 Å². The summed E-state index contributed by atoms with van der Waals surface area (Å²) in [6.45, 7) is 2.02. The molecule has 0 aromatic heterocycles. The van der Waals surface area contributed by atoms with Crippen molar-refractivity contribution >= 4 is 11.6 Å². The number of aliphatic hydroxyl groups excluding tert-OH is 1. The highest BCUT2D eigenvalue weighted by molar-refractivity contribution is 6.30. The fourth-order valence-corrected chi connectivity index (χ4v) is 2.22. The molecule has 1 unspecified atom stereocenters. The average Bonchev–Trinajstić information content (AvgIpc) is 2.39. The Labute approximate surface area is 118 Å². The first-order chi connectivity index (χ1) is 9.10. The summed E-state index contributed by atoms with van der Waals surface area (Å²) in [5.74, 6) is 0.746. The number of aliphatic hydroxyl groups is 1. The van der Waals surface area contributed by atoms with Gasteiger partial charge >= 0.3 is 0 Å². The summed E-state index contributed by atoms with van der Waals surface area (Å²) in [6.07, 6.45) is -0.0831. The number of benzene rings is 2. The maximum atomic E-state index is 10.3. The van der Waals surface area contributed by atoms with Crippen LogP contribution in [0.15, 0.2) is 42.5 Å². The molecule has 0 radical (unpaired) electrons. The SMILES string of the molecule is COc1ccc(Cl)cc1CC(O)c1ccc(C)cc1. The van der Waals surface area contributed by atoms with Crippen molar-refractivity contribution in [3.8, 4) is 5.75 Å². The van der Waals surface area contributed by atoms with Gasteiger partial charge in [0.05, 0.1) is 13.2 Å². The Morgan fingerprint density at radius 2 is 1.84 bits per heavy atom. The Hall–Kier alpha value is -1.51. The number of halogens is 1. The number of hydrogen-bond donors (Lipinski definition) is 1. The van der Waals surface area contributed by atoms with E-state index in [1.54, 1.807) is 13.2 Å². The van der Waals surface area contributed by atoms with Crippen LogP contribution in [-0.4, -0.2) is 12.2 Å². The molecule has 0 saturated carbocycles. The summed E-state index contributed by atoms with van der Waals surface area (Å²) < 4.78 is 5.29. The maximum Gasteiger partial charge on any atom is 0.122 e. The standard InChI is InChI=1S/C16H17ClO2/c1-11-3-5-12(6-4-11)15(18)10-13-9-14(17)7-8-16(13)19-2/h3-9,15,18H,10H2,1-2H3. The molecule has 0 aliphatic rings. The summed E-state index contributed by atoms with van der Waals surface area (Å²) in [5, 5.41) is 10.9. The van der Waals surface area contributed by atoms with Crippen molar-refractivity contribution in [2.75, 3.05) is 7.11 Å². The molecule has 0 saturated heterocycles. The minimum Gasteiger partial charge on any atom is -0.496 e. The van der Waals surface area contributed by atoms with Crippen molar-refractivity contribution in [3.63, 3.8) is 0 Å². The van der Waals surface area contributed by atoms with Crippen LogP contribution in [0.5, 0.6) is 5.75 Å². The Morgan fingerprint density at radius 3 is 2.47 bits per heavy atom. The van der Waals surface area contributed by atoms with E-state index in [-0.39, 0.29) is 0 Å². The molecular weight excluding hydrogens is 260 g/mol. The molecule has 2 aromatic rings. The lowest BCUT2D eigenvalue weighted by Crippen LogP contribution is -2.03. The molecule has 100 valence electrons. The van der Waals surface area contributed by atoms with Crippen LogP contribution < -0.4 is 4.74 Å². The largest absolute Gasteiger partial charge is 0.496 e. The molecule has 19 heavy (non-hydrogen) atoms. The second-order valence-corrected chi connectivity index (χ2v) is 5.02. The van der Waals surface area contributed by atoms with E-state index in [1.165, 1.54) is 5.56 Å². The van der Waals surface area contributed by atoms with Gasteiger partial charge in [0.15, 0.2) is 0 Å². The van der Waals surface area contributed by atoms with E-state index in [1.807, 2.05) is 43.3 Å². The van der Waals surface area contributed by atoms with Crippen molar-refractivity contribution in [3.05, 3.63) is 64.2 Å². The fourth-order valence-electron chi connectivity index (χ4n) is 2.02. The molecule has 0 fully saturated rings. The van der Waals surface area contributed by atoms with Gasteiger partial charge in [0, 0.05) is 11.4 Å². The Balaban J connectivity index is 2.20. The zero-order valence-corrected chi connectivity index (χ0v) is 11.8. The third kappa shape index (κ3) is 3.49. The monoisotopic (exact) mass is 276 g/mol. The summed E-state index contributed by atoms with van der Waals surface area (Å²) in [6, 6.07) is 13.3. The molecule has 0 heterocycles. The van der Waals surface area contributed by atoms with Gasteiger partial charge in [0.2, 0.25) is 0 Å². The van der Waals surface area contributed by atoms with E-state index in [9.17, 15) is 5.11 Å². The van der Waals surface area contributed by atoms with E-state index in [0.29, 0.717) is 11.4 Å². The number of methoxy groups -OCH3 is 1. The van der Waals surface area contributed by atoms with Crippen LogP contribution in [0.2, 0.25) is 5.02 Å². The molecule has 0 amide bonds. The van der Waals surface area contributed by atoms with Crippen LogP contribution in [0.3, 0.4) is 0 Å². The highest BCUT2D eigenvalue weighted by Gasteiger charge is 2.12. The fraction of sp³-hybridized carbons (Fsp3) is 0.250. The summed E-state index contributed by atoms with van der Waals surface area (Å²) in [4.78, 5) is 0. The van der Waals surface area contributed by atoms with Gasteiger partial charge in [-0.1, -0.05) is 41.4 Å². The first-order valence-corrected chi connectivity index (χ1v) is 6.55. The van der Waals surface area contributed by atoms with Gasteiger partial charge in [-0.2, -0.15) is 0 Å². The molecule has 2 rings (SSSR count). The molecule has 0 aliphatic heterocycles. The van der Waals surface area contributed by atoms with E-state index in [2.05, 4.69) is 0 Å². The van der Waals surface area contributed by atoms with Crippen LogP contribution in [-0.2, 0) is 6.42 Å². The lowest BCUT2D eigenvalue weighted by atomic mass is 10.00. The molecule has 0 spiro atoms. The normalized spacial score (nSPS) is 12.2. The highest BCUT2D eigenvalue weighted by Crippen LogP contribution is 2.27. The van der Waals surface area contributed by atoms with Crippen LogP contribution >= 0.6 is 11.6 Å². The van der Waals surface area contributed by atoms with Gasteiger partial charge in [-0.05, 0) is 36.2 Å². The molecule has 2 aromatic carbocycles. The van der Waals surface area contributed by atoms with Gasteiger partial charge < -0.3 is 9.84 Å². The Morgan fingerprint density at radius 1 is 1.16 bits per heavy atom. The number of hydrogen-bond acceptors (Lipinski definition) is 2. The third-order valence-corrected chi connectivity index (χ3v) is 3.35. The number of rotatable bonds is 4. The average molecular weight is 277 g/mol. The van der Waals surface area contributed by atoms with Crippen LogP contribution in [0, 0.1) is 6.92 Å². The number of aryl methyl sites for hydroxylation is 1. The summed E-state index contributed by atoms with van der Waals surface area (Å²) >= 11 is 5.99. The topological polar surface area (TPSA) is 29.5 Å². The second kappa shape index (κ2) is 6.09. The van der Waals surface area contributed by atoms with E-state index in [0.717, 1.165) is 16.9 Å². The van der Waals surface area contributed by atoms with Gasteiger partial charge in [0.25, 0.3) is 0 Å². The van der Waals surface area contributed by atoms with E-state index in [4.69, 9.17) is 16.3 Å². The predicted octanol–water partition coefficient (Wildman–Crippen LogP) is 3.93. The molecule has 0 aliphatic carbocycles. The quantitative estimate of drug-likeness (QED) is 0.917. The van der Waals surface area contributed by atoms with Gasteiger partial charge in [-0.25, -0.2) is 0 Å². The first kappa shape index (κ1) is 13.9. The highest BCUT2D eigenvalue weighted by atomic mass is 35.5. The maximum absolute atomic E-state index is 10.3. The molecule has 1 N–H and O–H groups in total. The van der Waals surface area contributed by atoms with Crippen molar-refractivity contribution in [1.29, 1.82) is 0 Å². The van der Waals surface area contributed by atoms with Crippen LogP contribution in [0.25, 0.3) is 0 Å². The molecule has 0 bridgehead atoms. The Kier molecular flexibility index (Phi) is 4.46. The van der Waals surface area contributed by atoms with Crippen molar-refractivity contribution in [2.24, 2.45) is 0 Å². The van der Waals surface area contributed by atoms with Crippen LogP contribution in [0.1, 0.15) is 22.8 Å². The lowest BCUT2D eigenvalue weighted by Gasteiger charge is -2.14. The van der Waals surface area contributed by atoms with Gasteiger partial charge in [0.1, 0.15) is 5.75 Å². The first-order valence-electron chi connectivity index (χ1n) is 6.17. The molecular formula is C16H17ClO2. The van der Waals surface area contributed by atoms with Gasteiger partial charge in [-0.15, -0.1) is 0 Å². The molecule has 1 atom stereocenters. The van der Waals surface area contributed by atoms with Crippen molar-refractivity contribution < 1.29 is 9.84 Å². The van der Waals surface area contributed by atoms with Crippen molar-refractivity contribution in [1.82, 2.24) is 0 Å².